The minimum absolute atomic E-state index is 0.537. The van der Waals surface area contributed by atoms with Crippen LogP contribution in [0.4, 0.5) is 0 Å². The van der Waals surface area contributed by atoms with Crippen LogP contribution in [0, 0.1) is 0 Å². The van der Waals surface area contributed by atoms with Crippen molar-refractivity contribution in [3.63, 3.8) is 0 Å². The van der Waals surface area contributed by atoms with Gasteiger partial charge in [0.05, 0.1) is 13.2 Å². The van der Waals surface area contributed by atoms with Crippen molar-refractivity contribution in [3.8, 4) is 11.5 Å². The first kappa shape index (κ1) is 15.2. The van der Waals surface area contributed by atoms with Gasteiger partial charge in [-0.25, -0.2) is 0 Å². The average molecular weight is 277 g/mol. The van der Waals surface area contributed by atoms with Gasteiger partial charge in [0.15, 0.2) is 0 Å². The fourth-order valence-corrected chi connectivity index (χ4v) is 2.90. The second-order valence-corrected chi connectivity index (χ2v) is 5.26. The number of aryl methyl sites for hydroxylation is 1. The van der Waals surface area contributed by atoms with Gasteiger partial charge in [0, 0.05) is 18.0 Å². The Kier molecular flexibility index (Phi) is 5.72. The molecule has 0 saturated carbocycles. The van der Waals surface area contributed by atoms with Gasteiger partial charge >= 0.3 is 0 Å². The van der Waals surface area contributed by atoms with Crippen LogP contribution in [0.5, 0.6) is 11.5 Å². The van der Waals surface area contributed by atoms with Crippen LogP contribution in [-0.2, 0) is 6.42 Å². The summed E-state index contributed by atoms with van der Waals surface area (Å²) in [6, 6.07) is 4.39. The van der Waals surface area contributed by atoms with Gasteiger partial charge in [-0.3, -0.25) is 0 Å². The summed E-state index contributed by atoms with van der Waals surface area (Å²) in [5.74, 6) is 2.61. The van der Waals surface area contributed by atoms with Crippen LogP contribution in [0.2, 0.25) is 0 Å². The van der Waals surface area contributed by atoms with Crippen LogP contribution in [0.3, 0.4) is 0 Å². The number of ether oxygens (including phenoxy) is 2. The summed E-state index contributed by atoms with van der Waals surface area (Å²) >= 11 is 0. The van der Waals surface area contributed by atoms with Crippen molar-refractivity contribution in [1.82, 2.24) is 5.32 Å². The molecule has 1 saturated heterocycles. The third-order valence-corrected chi connectivity index (χ3v) is 3.91. The van der Waals surface area contributed by atoms with E-state index in [0.717, 1.165) is 31.0 Å². The molecule has 1 N–H and O–H groups in total. The summed E-state index contributed by atoms with van der Waals surface area (Å²) in [6.07, 6.45) is 3.43. The predicted molar refractivity (Wildman–Crippen MR) is 83.0 cm³/mol. The molecule has 112 valence electrons. The topological polar surface area (TPSA) is 30.5 Å². The summed E-state index contributed by atoms with van der Waals surface area (Å²) in [5, 5.41) is 3.49. The SMILES string of the molecule is CCOc1cc([C@@H]2CCCNC2)c(OCC)cc1CC. The fourth-order valence-electron chi connectivity index (χ4n) is 2.90. The molecule has 1 aliphatic rings. The zero-order valence-corrected chi connectivity index (χ0v) is 13.0. The lowest BCUT2D eigenvalue weighted by molar-refractivity contribution is 0.319. The molecular weight excluding hydrogens is 250 g/mol. The smallest absolute Gasteiger partial charge is 0.123 e. The Labute approximate surface area is 122 Å². The van der Waals surface area contributed by atoms with Gasteiger partial charge < -0.3 is 14.8 Å². The maximum absolute atomic E-state index is 5.88. The molecule has 1 aliphatic heterocycles. The highest BCUT2D eigenvalue weighted by Crippen LogP contribution is 2.36. The summed E-state index contributed by atoms with van der Waals surface area (Å²) < 4.78 is 11.7. The van der Waals surface area contributed by atoms with Crippen molar-refractivity contribution >= 4 is 0 Å². The monoisotopic (exact) mass is 277 g/mol. The van der Waals surface area contributed by atoms with E-state index in [1.165, 1.54) is 24.0 Å². The minimum Gasteiger partial charge on any atom is -0.494 e. The van der Waals surface area contributed by atoms with Gasteiger partial charge in [-0.2, -0.15) is 0 Å². The zero-order chi connectivity index (χ0) is 14.4. The van der Waals surface area contributed by atoms with Crippen molar-refractivity contribution in [2.24, 2.45) is 0 Å². The Morgan fingerprint density at radius 1 is 1.10 bits per heavy atom. The van der Waals surface area contributed by atoms with Gasteiger partial charge in [0.1, 0.15) is 11.5 Å². The number of rotatable bonds is 6. The highest BCUT2D eigenvalue weighted by Gasteiger charge is 2.21. The maximum atomic E-state index is 5.88. The number of nitrogens with one attached hydrogen (secondary N) is 1. The molecule has 0 amide bonds. The van der Waals surface area contributed by atoms with Gasteiger partial charge in [-0.15, -0.1) is 0 Å². The summed E-state index contributed by atoms with van der Waals surface area (Å²) in [7, 11) is 0. The third kappa shape index (κ3) is 3.45. The highest BCUT2D eigenvalue weighted by atomic mass is 16.5. The lowest BCUT2D eigenvalue weighted by Gasteiger charge is -2.26. The van der Waals surface area contributed by atoms with E-state index in [4.69, 9.17) is 9.47 Å². The standard InChI is InChI=1S/C17H27NO2/c1-4-13-10-17(20-6-3)15(11-16(13)19-5-2)14-8-7-9-18-12-14/h10-11,14,18H,4-9,12H2,1-3H3/t14-/m1/s1. The molecule has 0 unspecified atom stereocenters. The molecule has 0 spiro atoms. The number of hydrogen-bond acceptors (Lipinski definition) is 3. The van der Waals surface area contributed by atoms with Crippen molar-refractivity contribution in [1.29, 1.82) is 0 Å². The fraction of sp³-hybridized carbons (Fsp3) is 0.647. The Hall–Kier alpha value is -1.22. The molecule has 20 heavy (non-hydrogen) atoms. The van der Waals surface area contributed by atoms with Crippen LogP contribution in [-0.4, -0.2) is 26.3 Å². The number of piperidine rings is 1. The Bertz CT molecular complexity index is 425. The third-order valence-electron chi connectivity index (χ3n) is 3.91. The van der Waals surface area contributed by atoms with Gasteiger partial charge in [0.2, 0.25) is 0 Å². The summed E-state index contributed by atoms with van der Waals surface area (Å²) in [4.78, 5) is 0. The van der Waals surface area contributed by atoms with Crippen molar-refractivity contribution in [2.75, 3.05) is 26.3 Å². The van der Waals surface area contributed by atoms with Crippen LogP contribution >= 0.6 is 0 Å². The molecule has 1 heterocycles. The van der Waals surface area contributed by atoms with Gasteiger partial charge in [-0.05, 0) is 57.4 Å². The molecule has 1 aromatic rings. The van der Waals surface area contributed by atoms with Crippen LogP contribution in [0.25, 0.3) is 0 Å². The van der Waals surface area contributed by atoms with Crippen LogP contribution in [0.15, 0.2) is 12.1 Å². The molecule has 1 fully saturated rings. The molecule has 0 aromatic heterocycles. The molecule has 0 radical (unpaired) electrons. The van der Waals surface area contributed by atoms with E-state index in [1.807, 2.05) is 13.8 Å². The molecule has 3 nitrogen and oxygen atoms in total. The van der Waals surface area contributed by atoms with E-state index < -0.39 is 0 Å². The van der Waals surface area contributed by atoms with Gasteiger partial charge in [0.25, 0.3) is 0 Å². The molecular formula is C17H27NO2. The van der Waals surface area contributed by atoms with Crippen molar-refractivity contribution < 1.29 is 9.47 Å². The maximum Gasteiger partial charge on any atom is 0.123 e. The van der Waals surface area contributed by atoms with Crippen LogP contribution < -0.4 is 14.8 Å². The highest BCUT2D eigenvalue weighted by molar-refractivity contribution is 5.48. The van der Waals surface area contributed by atoms with Gasteiger partial charge in [-0.1, -0.05) is 6.92 Å². The van der Waals surface area contributed by atoms with Crippen LogP contribution in [0.1, 0.15) is 50.7 Å². The van der Waals surface area contributed by atoms with E-state index in [9.17, 15) is 0 Å². The summed E-state index contributed by atoms with van der Waals surface area (Å²) in [6.45, 7) is 9.84. The molecule has 1 atom stereocenters. The van der Waals surface area contributed by atoms with Crippen molar-refractivity contribution in [2.45, 2.75) is 46.0 Å². The zero-order valence-electron chi connectivity index (χ0n) is 13.0. The van der Waals surface area contributed by atoms with E-state index in [2.05, 4.69) is 24.4 Å². The quantitative estimate of drug-likeness (QED) is 0.863. The molecule has 3 heteroatoms. The largest absolute Gasteiger partial charge is 0.494 e. The second kappa shape index (κ2) is 7.53. The number of benzene rings is 1. The second-order valence-electron chi connectivity index (χ2n) is 5.26. The molecule has 1 aromatic carbocycles. The predicted octanol–water partition coefficient (Wildman–Crippen LogP) is 3.51. The summed E-state index contributed by atoms with van der Waals surface area (Å²) in [5.41, 5.74) is 2.54. The van der Waals surface area contributed by atoms with E-state index in [1.54, 1.807) is 0 Å². The van der Waals surface area contributed by atoms with Crippen molar-refractivity contribution in [3.05, 3.63) is 23.3 Å². The first-order chi connectivity index (χ1) is 9.80. The normalized spacial score (nSPS) is 18.9. The molecule has 2 rings (SSSR count). The average Bonchev–Trinajstić information content (AvgIpc) is 2.49. The van der Waals surface area contributed by atoms with E-state index in [-0.39, 0.29) is 0 Å². The lowest BCUT2D eigenvalue weighted by atomic mass is 9.89. The van der Waals surface area contributed by atoms with E-state index in [0.29, 0.717) is 19.1 Å². The Morgan fingerprint density at radius 3 is 2.45 bits per heavy atom. The molecule has 0 bridgehead atoms. The van der Waals surface area contributed by atoms with E-state index >= 15 is 0 Å². The first-order valence-electron chi connectivity index (χ1n) is 7.93. The minimum atomic E-state index is 0.537. The first-order valence-corrected chi connectivity index (χ1v) is 7.93. The molecule has 0 aliphatic carbocycles. The lowest BCUT2D eigenvalue weighted by Crippen LogP contribution is -2.28. The number of hydrogen-bond donors (Lipinski definition) is 1. The Morgan fingerprint density at radius 2 is 1.85 bits per heavy atom. The Balaban J connectivity index is 2.36.